The van der Waals surface area contributed by atoms with Crippen LogP contribution in [0.25, 0.3) is 0 Å². The van der Waals surface area contributed by atoms with Crippen LogP contribution < -0.4 is 16.8 Å². The highest BCUT2D eigenvalue weighted by Crippen LogP contribution is 2.25. The number of aromatic nitrogens is 2. The van der Waals surface area contributed by atoms with E-state index in [1.165, 1.54) is 0 Å². The second kappa shape index (κ2) is 5.72. The molecule has 0 saturated heterocycles. The summed E-state index contributed by atoms with van der Waals surface area (Å²) in [6, 6.07) is 7.51. The van der Waals surface area contributed by atoms with E-state index in [4.69, 9.17) is 27.9 Å². The standard InChI is InChI=1S/C13H15ClN6O/c14-9-3-1-8(2-4-9)6-21-20-5-10-11(15)18-13(16)19-12(10)17-7-20/h1-4H,5-7H2,(H5,15,16,17,18,19). The zero-order valence-corrected chi connectivity index (χ0v) is 12.0. The molecular weight excluding hydrogens is 292 g/mol. The topological polar surface area (TPSA) is 102 Å². The van der Waals surface area contributed by atoms with Crippen LogP contribution in [0.3, 0.4) is 0 Å². The molecule has 0 radical (unpaired) electrons. The second-order valence-corrected chi connectivity index (χ2v) is 5.11. The van der Waals surface area contributed by atoms with Crippen molar-refractivity contribution in [3.63, 3.8) is 0 Å². The van der Waals surface area contributed by atoms with Gasteiger partial charge in [0.25, 0.3) is 0 Å². The number of nitrogens with two attached hydrogens (primary N) is 2. The third kappa shape index (κ3) is 3.15. The molecule has 110 valence electrons. The fourth-order valence-corrected chi connectivity index (χ4v) is 2.18. The number of anilines is 3. The van der Waals surface area contributed by atoms with E-state index in [1.54, 1.807) is 5.06 Å². The minimum atomic E-state index is 0.161. The number of benzene rings is 1. The molecule has 0 aliphatic carbocycles. The normalized spacial score (nSPS) is 14.5. The van der Waals surface area contributed by atoms with Gasteiger partial charge in [0.1, 0.15) is 11.6 Å². The Morgan fingerprint density at radius 2 is 2.00 bits per heavy atom. The Bertz CT molecular complexity index is 648. The lowest BCUT2D eigenvalue weighted by Gasteiger charge is -2.28. The van der Waals surface area contributed by atoms with E-state index >= 15 is 0 Å². The Balaban J connectivity index is 1.65. The van der Waals surface area contributed by atoms with Crippen LogP contribution in [0.15, 0.2) is 24.3 Å². The molecule has 7 nitrogen and oxygen atoms in total. The highest BCUT2D eigenvalue weighted by molar-refractivity contribution is 6.30. The van der Waals surface area contributed by atoms with Gasteiger partial charge < -0.3 is 16.8 Å². The molecule has 1 aromatic carbocycles. The molecule has 1 aliphatic heterocycles. The van der Waals surface area contributed by atoms with Gasteiger partial charge in [-0.2, -0.15) is 15.0 Å². The van der Waals surface area contributed by atoms with E-state index < -0.39 is 0 Å². The summed E-state index contributed by atoms with van der Waals surface area (Å²) < 4.78 is 0. The van der Waals surface area contributed by atoms with Crippen LogP contribution in [0.1, 0.15) is 11.1 Å². The summed E-state index contributed by atoms with van der Waals surface area (Å²) >= 11 is 5.85. The molecule has 0 spiro atoms. The van der Waals surface area contributed by atoms with Crippen LogP contribution >= 0.6 is 11.6 Å². The molecule has 0 bridgehead atoms. The van der Waals surface area contributed by atoms with Crippen molar-refractivity contribution < 1.29 is 4.84 Å². The van der Waals surface area contributed by atoms with Crippen LogP contribution in [-0.4, -0.2) is 21.7 Å². The summed E-state index contributed by atoms with van der Waals surface area (Å²) in [4.78, 5) is 13.8. The van der Waals surface area contributed by atoms with Gasteiger partial charge in [0.15, 0.2) is 0 Å². The number of hydrogen-bond donors (Lipinski definition) is 3. The largest absolute Gasteiger partial charge is 0.383 e. The van der Waals surface area contributed by atoms with Gasteiger partial charge in [-0.3, -0.25) is 4.84 Å². The quantitative estimate of drug-likeness (QED) is 0.791. The van der Waals surface area contributed by atoms with Gasteiger partial charge >= 0.3 is 0 Å². The van der Waals surface area contributed by atoms with E-state index in [9.17, 15) is 0 Å². The number of nitrogens with zero attached hydrogens (tertiary/aromatic N) is 3. The molecule has 0 atom stereocenters. The molecule has 21 heavy (non-hydrogen) atoms. The molecule has 5 N–H and O–H groups in total. The highest BCUT2D eigenvalue weighted by Gasteiger charge is 2.21. The predicted molar refractivity (Wildman–Crippen MR) is 81.1 cm³/mol. The zero-order chi connectivity index (χ0) is 14.8. The molecule has 0 saturated carbocycles. The number of fused-ring (bicyclic) bond motifs is 1. The van der Waals surface area contributed by atoms with Crippen molar-refractivity contribution in [1.29, 1.82) is 0 Å². The third-order valence-electron chi connectivity index (χ3n) is 3.14. The first-order valence-electron chi connectivity index (χ1n) is 6.40. The average molecular weight is 307 g/mol. The molecule has 3 rings (SSSR count). The number of nitrogen functional groups attached to an aromatic ring is 2. The maximum atomic E-state index is 5.86. The third-order valence-corrected chi connectivity index (χ3v) is 3.39. The lowest BCUT2D eigenvalue weighted by Crippen LogP contribution is -2.35. The van der Waals surface area contributed by atoms with Crippen LogP contribution in [0.2, 0.25) is 5.02 Å². The Morgan fingerprint density at radius 1 is 1.24 bits per heavy atom. The van der Waals surface area contributed by atoms with Crippen LogP contribution in [0.5, 0.6) is 0 Å². The van der Waals surface area contributed by atoms with Gasteiger partial charge in [0.2, 0.25) is 5.95 Å². The monoisotopic (exact) mass is 306 g/mol. The van der Waals surface area contributed by atoms with Gasteiger partial charge in [-0.05, 0) is 17.7 Å². The minimum absolute atomic E-state index is 0.161. The summed E-state index contributed by atoms with van der Waals surface area (Å²) in [5, 5.41) is 5.57. The molecule has 0 unspecified atom stereocenters. The van der Waals surface area contributed by atoms with Gasteiger partial charge in [-0.1, -0.05) is 23.7 Å². The fraction of sp³-hybridized carbons (Fsp3) is 0.231. The van der Waals surface area contributed by atoms with Gasteiger partial charge in [-0.15, -0.1) is 0 Å². The summed E-state index contributed by atoms with van der Waals surface area (Å²) in [6.07, 6.45) is 0. The smallest absolute Gasteiger partial charge is 0.223 e. The first-order chi connectivity index (χ1) is 10.1. The van der Waals surface area contributed by atoms with Crippen molar-refractivity contribution in [3.05, 3.63) is 40.4 Å². The van der Waals surface area contributed by atoms with E-state index in [0.29, 0.717) is 36.5 Å². The van der Waals surface area contributed by atoms with Crippen molar-refractivity contribution in [2.45, 2.75) is 13.2 Å². The summed E-state index contributed by atoms with van der Waals surface area (Å²) in [5.41, 5.74) is 13.2. The number of halogens is 1. The molecule has 0 fully saturated rings. The number of rotatable bonds is 3. The Labute approximate surface area is 126 Å². The fourth-order valence-electron chi connectivity index (χ4n) is 2.05. The minimum Gasteiger partial charge on any atom is -0.383 e. The molecule has 2 heterocycles. The van der Waals surface area contributed by atoms with Crippen molar-refractivity contribution in [2.75, 3.05) is 23.5 Å². The Hall–Kier alpha value is -2.09. The summed E-state index contributed by atoms with van der Waals surface area (Å²) in [6.45, 7) is 1.45. The summed E-state index contributed by atoms with van der Waals surface area (Å²) in [7, 11) is 0. The highest BCUT2D eigenvalue weighted by atomic mass is 35.5. The predicted octanol–water partition coefficient (Wildman–Crippen LogP) is 1.61. The second-order valence-electron chi connectivity index (χ2n) is 4.67. The van der Waals surface area contributed by atoms with E-state index in [-0.39, 0.29) is 5.95 Å². The molecule has 2 aromatic rings. The lowest BCUT2D eigenvalue weighted by molar-refractivity contribution is -0.174. The van der Waals surface area contributed by atoms with Crippen LogP contribution in [0.4, 0.5) is 17.6 Å². The maximum Gasteiger partial charge on any atom is 0.223 e. The molecular formula is C13H15ClN6O. The molecule has 1 aliphatic rings. The van der Waals surface area contributed by atoms with E-state index in [0.717, 1.165) is 11.1 Å². The number of hydroxylamine groups is 2. The van der Waals surface area contributed by atoms with Crippen LogP contribution in [0, 0.1) is 0 Å². The van der Waals surface area contributed by atoms with E-state index in [2.05, 4.69) is 15.3 Å². The van der Waals surface area contributed by atoms with Crippen LogP contribution in [-0.2, 0) is 18.0 Å². The van der Waals surface area contributed by atoms with Crippen molar-refractivity contribution in [3.8, 4) is 0 Å². The Kier molecular flexibility index (Phi) is 3.78. The maximum absolute atomic E-state index is 5.86. The van der Waals surface area contributed by atoms with Crippen molar-refractivity contribution >= 4 is 29.2 Å². The molecule has 1 aromatic heterocycles. The first-order valence-corrected chi connectivity index (χ1v) is 6.77. The zero-order valence-electron chi connectivity index (χ0n) is 11.2. The van der Waals surface area contributed by atoms with Gasteiger partial charge in [0.05, 0.1) is 25.4 Å². The van der Waals surface area contributed by atoms with Gasteiger partial charge in [0, 0.05) is 5.02 Å². The van der Waals surface area contributed by atoms with Crippen molar-refractivity contribution in [1.82, 2.24) is 15.0 Å². The lowest BCUT2D eigenvalue weighted by atomic mass is 10.2. The number of hydrogen-bond acceptors (Lipinski definition) is 7. The molecule has 8 heteroatoms. The number of nitrogens with one attached hydrogen (secondary N) is 1. The average Bonchev–Trinajstić information content (AvgIpc) is 2.47. The van der Waals surface area contributed by atoms with Gasteiger partial charge in [-0.25, -0.2) is 0 Å². The first kappa shape index (κ1) is 13.9. The Morgan fingerprint density at radius 3 is 2.76 bits per heavy atom. The summed E-state index contributed by atoms with van der Waals surface area (Å²) in [5.74, 6) is 1.19. The SMILES string of the molecule is Nc1nc(N)c2c(n1)NCN(OCc1ccc(Cl)cc1)C2. The van der Waals surface area contributed by atoms with E-state index in [1.807, 2.05) is 24.3 Å². The molecule has 0 amide bonds. The van der Waals surface area contributed by atoms with Crippen molar-refractivity contribution in [2.24, 2.45) is 0 Å².